The fourth-order valence-corrected chi connectivity index (χ4v) is 7.27. The highest BCUT2D eigenvalue weighted by Crippen LogP contribution is 2.37. The molecule has 13 nitrogen and oxygen atoms in total. The van der Waals surface area contributed by atoms with Crippen LogP contribution in [-0.4, -0.2) is 64.8 Å². The molecule has 0 radical (unpaired) electrons. The number of pyridine rings is 1. The maximum atomic E-state index is 12.9. The van der Waals surface area contributed by atoms with Crippen LogP contribution < -0.4 is 31.6 Å². The summed E-state index contributed by atoms with van der Waals surface area (Å²) in [6, 6.07) is 24.3. The number of amides is 2. The summed E-state index contributed by atoms with van der Waals surface area (Å²) in [6.07, 6.45) is 0.466. The van der Waals surface area contributed by atoms with Crippen LogP contribution in [0.15, 0.2) is 89.7 Å². The van der Waals surface area contributed by atoms with Gasteiger partial charge in [0.25, 0.3) is 0 Å². The topological polar surface area (TPSA) is 199 Å². The van der Waals surface area contributed by atoms with E-state index in [4.69, 9.17) is 26.8 Å². The summed E-state index contributed by atoms with van der Waals surface area (Å²) < 4.78 is 11.1. The quantitative estimate of drug-likeness (QED) is 0.0659. The van der Waals surface area contributed by atoms with Crippen molar-refractivity contribution in [2.75, 3.05) is 30.5 Å². The zero-order valence-electron chi connectivity index (χ0n) is 30.3. The van der Waals surface area contributed by atoms with Crippen molar-refractivity contribution in [1.29, 1.82) is 0 Å². The molecule has 5 aromatic rings. The minimum Gasteiger partial charge on any atom is -0.506 e. The van der Waals surface area contributed by atoms with Crippen molar-refractivity contribution in [1.82, 2.24) is 10.3 Å². The van der Waals surface area contributed by atoms with E-state index >= 15 is 0 Å². The number of nitrogens with one attached hydrogen (secondary N) is 3. The van der Waals surface area contributed by atoms with Gasteiger partial charge in [-0.25, -0.2) is 9.59 Å². The second-order valence-electron chi connectivity index (χ2n) is 13.5. The van der Waals surface area contributed by atoms with Gasteiger partial charge in [-0.2, -0.15) is 0 Å². The predicted molar refractivity (Wildman–Crippen MR) is 212 cm³/mol. The third kappa shape index (κ3) is 9.38. The maximum absolute atomic E-state index is 12.9. The number of carbonyl (C=O) groups is 2. The van der Waals surface area contributed by atoms with Crippen molar-refractivity contribution >= 4 is 46.1 Å². The smallest absolute Gasteiger partial charge is 0.412 e. The van der Waals surface area contributed by atoms with E-state index in [9.17, 15) is 29.7 Å². The first-order chi connectivity index (χ1) is 26.5. The number of hydrogen-bond acceptors (Lipinski definition) is 9. The first kappa shape index (κ1) is 39.1. The molecular formula is C41H44ClN5O8. The number of phenolic OH excluding ortho intramolecular Hbond substituents is 1. The molecule has 14 heteroatoms. The van der Waals surface area contributed by atoms with Gasteiger partial charge in [0.1, 0.15) is 11.5 Å². The number of carbonyl (C=O) groups excluding carboxylic acids is 1. The number of aliphatic hydroxyl groups excluding tert-OH is 1. The molecule has 6 rings (SSSR count). The standard InChI is InChI=1S/C41H44ClN5O8/c1-54-37-21-33(32(42)20-26(37)22-44-23-36(49)30-13-15-35(48)39-31(30)14-16-38(50)46-39)45-40(51)55-18-17-24-7-12-29(25-5-3-2-4-6-25)34(19-24)47(41(52)53)28-10-8-27(43)9-11-28/h2-7,12-16,19-21,27-28,36,44,48-49H,8-11,17-18,22-23,43H2,1H3,(H,45,51)(H,46,50)(H,52,53)/t27-,28-,36-/m0/s1. The number of nitrogens with two attached hydrogens (primary N) is 1. The molecule has 2 amide bonds. The van der Waals surface area contributed by atoms with Gasteiger partial charge in [-0.3, -0.25) is 15.0 Å². The largest absolute Gasteiger partial charge is 0.506 e. The maximum Gasteiger partial charge on any atom is 0.412 e. The lowest BCUT2D eigenvalue weighted by Gasteiger charge is -2.35. The Kier molecular flexibility index (Phi) is 12.6. The number of aromatic nitrogens is 1. The molecule has 0 spiro atoms. The SMILES string of the molecule is COc1cc(NC(=O)OCCc2ccc(-c3ccccc3)c(N(C(=O)O)[C@H]3CC[C@H](N)CC3)c2)c(Cl)cc1CNC[C@H](O)c1ccc(O)c2[nH]c(=O)ccc12. The van der Waals surface area contributed by atoms with Crippen LogP contribution in [-0.2, 0) is 17.7 Å². The van der Waals surface area contributed by atoms with Crippen LogP contribution in [0.3, 0.4) is 0 Å². The van der Waals surface area contributed by atoms with E-state index in [1.807, 2.05) is 48.5 Å². The number of carboxylic acid groups (broad SMARTS) is 1. The number of nitrogens with zero attached hydrogens (tertiary/aromatic N) is 1. The minimum atomic E-state index is -1.03. The van der Waals surface area contributed by atoms with Crippen molar-refractivity contribution in [3.63, 3.8) is 0 Å². The summed E-state index contributed by atoms with van der Waals surface area (Å²) in [7, 11) is 1.49. The van der Waals surface area contributed by atoms with E-state index in [0.29, 0.717) is 47.2 Å². The molecule has 288 valence electrons. The van der Waals surface area contributed by atoms with Crippen molar-refractivity contribution in [2.45, 2.75) is 56.8 Å². The Labute approximate surface area is 322 Å². The molecule has 1 aliphatic carbocycles. The first-order valence-corrected chi connectivity index (χ1v) is 18.4. The number of halogens is 1. The first-order valence-electron chi connectivity index (χ1n) is 18.0. The van der Waals surface area contributed by atoms with E-state index in [0.717, 1.165) is 29.5 Å². The van der Waals surface area contributed by atoms with Gasteiger partial charge >= 0.3 is 12.2 Å². The summed E-state index contributed by atoms with van der Waals surface area (Å²) in [5, 5.41) is 38.1. The number of phenols is 1. The van der Waals surface area contributed by atoms with Crippen molar-refractivity contribution < 1.29 is 34.4 Å². The summed E-state index contributed by atoms with van der Waals surface area (Å²) in [6.45, 7) is 0.412. The number of rotatable bonds is 13. The molecule has 8 N–H and O–H groups in total. The normalized spacial score (nSPS) is 16.0. The number of hydrogen-bond donors (Lipinski definition) is 7. The number of aromatic amines is 1. The Morgan fingerprint density at radius 3 is 2.51 bits per heavy atom. The average Bonchev–Trinajstić information content (AvgIpc) is 3.17. The third-order valence-corrected chi connectivity index (χ3v) is 10.2. The minimum absolute atomic E-state index is 0.0206. The van der Waals surface area contributed by atoms with Crippen LogP contribution in [0.5, 0.6) is 11.5 Å². The molecular weight excluding hydrogens is 726 g/mol. The lowest BCUT2D eigenvalue weighted by Crippen LogP contribution is -2.44. The average molecular weight is 770 g/mol. The number of methoxy groups -OCH3 is 1. The molecule has 1 aromatic heterocycles. The number of aromatic hydroxyl groups is 1. The summed E-state index contributed by atoms with van der Waals surface area (Å²) in [5.41, 5.74) is 10.5. The number of aliphatic hydroxyl groups is 1. The van der Waals surface area contributed by atoms with Gasteiger partial charge in [0, 0.05) is 60.2 Å². The monoisotopic (exact) mass is 769 g/mol. The molecule has 1 fully saturated rings. The fourth-order valence-electron chi connectivity index (χ4n) is 7.04. The Bertz CT molecular complexity index is 2210. The Hall–Kier alpha value is -5.60. The van der Waals surface area contributed by atoms with Gasteiger partial charge in [0.15, 0.2) is 0 Å². The molecule has 0 saturated heterocycles. The second-order valence-corrected chi connectivity index (χ2v) is 13.9. The van der Waals surface area contributed by atoms with Crippen molar-refractivity contribution in [3.05, 3.63) is 117 Å². The molecule has 55 heavy (non-hydrogen) atoms. The highest BCUT2D eigenvalue weighted by molar-refractivity contribution is 6.33. The van der Waals surface area contributed by atoms with E-state index in [1.54, 1.807) is 24.3 Å². The van der Waals surface area contributed by atoms with Gasteiger partial charge in [0.2, 0.25) is 5.56 Å². The van der Waals surface area contributed by atoms with Gasteiger partial charge in [-0.1, -0.05) is 60.1 Å². The predicted octanol–water partition coefficient (Wildman–Crippen LogP) is 6.93. The molecule has 0 bridgehead atoms. The Morgan fingerprint density at radius 2 is 1.78 bits per heavy atom. The van der Waals surface area contributed by atoms with Crippen LogP contribution in [0.4, 0.5) is 21.0 Å². The Morgan fingerprint density at radius 1 is 1.02 bits per heavy atom. The van der Waals surface area contributed by atoms with Crippen LogP contribution >= 0.6 is 11.6 Å². The third-order valence-electron chi connectivity index (χ3n) is 9.87. The van der Waals surface area contributed by atoms with Crippen LogP contribution in [0.1, 0.15) is 48.5 Å². The second kappa shape index (κ2) is 17.7. The van der Waals surface area contributed by atoms with Gasteiger partial charge in [-0.15, -0.1) is 0 Å². The highest BCUT2D eigenvalue weighted by atomic mass is 35.5. The van der Waals surface area contributed by atoms with Gasteiger partial charge in [-0.05, 0) is 66.6 Å². The number of ether oxygens (including phenoxy) is 2. The zero-order valence-corrected chi connectivity index (χ0v) is 31.0. The van der Waals surface area contributed by atoms with Crippen molar-refractivity contribution in [2.24, 2.45) is 5.73 Å². The molecule has 1 heterocycles. The molecule has 4 aromatic carbocycles. The highest BCUT2D eigenvalue weighted by Gasteiger charge is 2.31. The van der Waals surface area contributed by atoms with Crippen LogP contribution in [0, 0.1) is 0 Å². The van der Waals surface area contributed by atoms with E-state index in [-0.39, 0.29) is 59.3 Å². The van der Waals surface area contributed by atoms with E-state index in [2.05, 4.69) is 15.6 Å². The molecule has 0 aliphatic heterocycles. The summed E-state index contributed by atoms with van der Waals surface area (Å²) in [4.78, 5) is 41.4. The molecule has 1 atom stereocenters. The van der Waals surface area contributed by atoms with Gasteiger partial charge < -0.3 is 40.8 Å². The van der Waals surface area contributed by atoms with Crippen LogP contribution in [0.2, 0.25) is 5.02 Å². The Balaban J connectivity index is 1.08. The lowest BCUT2D eigenvalue weighted by molar-refractivity contribution is 0.163. The number of anilines is 2. The van der Waals surface area contributed by atoms with Gasteiger partial charge in [0.05, 0.1) is 41.7 Å². The van der Waals surface area contributed by atoms with Crippen LogP contribution in [0.25, 0.3) is 22.0 Å². The van der Waals surface area contributed by atoms with E-state index in [1.165, 1.54) is 24.1 Å². The zero-order chi connectivity index (χ0) is 39.1. The molecule has 1 saturated carbocycles. The summed E-state index contributed by atoms with van der Waals surface area (Å²) in [5.74, 6) is 0.338. The molecule has 1 aliphatic rings. The van der Waals surface area contributed by atoms with E-state index < -0.39 is 18.3 Å². The lowest BCUT2D eigenvalue weighted by atomic mass is 9.89. The fraction of sp³-hybridized carbons (Fsp3) is 0.293. The number of fused-ring (bicyclic) bond motifs is 1. The van der Waals surface area contributed by atoms with Crippen molar-refractivity contribution in [3.8, 4) is 22.6 Å². The molecule has 0 unspecified atom stereocenters. The number of benzene rings is 4. The number of H-pyrrole nitrogens is 1. The summed E-state index contributed by atoms with van der Waals surface area (Å²) >= 11 is 6.56.